The van der Waals surface area contributed by atoms with Crippen molar-refractivity contribution >= 4 is 63.8 Å². The van der Waals surface area contributed by atoms with E-state index in [1.54, 1.807) is 78.9 Å². The molecule has 3 aromatic rings. The summed E-state index contributed by atoms with van der Waals surface area (Å²) < 4.78 is 97.6. The van der Waals surface area contributed by atoms with Crippen LogP contribution in [0.15, 0.2) is 212 Å². The van der Waals surface area contributed by atoms with Crippen LogP contribution in [0.25, 0.3) is 0 Å². The summed E-state index contributed by atoms with van der Waals surface area (Å²) in [5.74, 6) is 0.653. The minimum atomic E-state index is -3.66. The van der Waals surface area contributed by atoms with Crippen LogP contribution in [-0.2, 0) is 75.8 Å². The van der Waals surface area contributed by atoms with Gasteiger partial charge in [-0.25, -0.2) is 8.42 Å². The monoisotopic (exact) mass is 1880 g/mol. The Kier molecular flexibility index (Phi) is 143. The summed E-state index contributed by atoms with van der Waals surface area (Å²) >= 11 is 0. The molecule has 5 N–H and O–H groups in total. The predicted molar refractivity (Wildman–Crippen MR) is 534 cm³/mol. The summed E-state index contributed by atoms with van der Waals surface area (Å²) in [6, 6.07) is 19.6. The molecule has 3 aromatic carbocycles. The van der Waals surface area contributed by atoms with Crippen LogP contribution in [0.3, 0.4) is 0 Å². The third kappa shape index (κ3) is 140. The zero-order chi connectivity index (χ0) is 93.2. The van der Waals surface area contributed by atoms with Gasteiger partial charge in [-0.2, -0.15) is 37.6 Å². The Morgan fingerprint density at radius 1 is 0.339 bits per heavy atom. The van der Waals surface area contributed by atoms with Gasteiger partial charge in [0.25, 0.3) is 29.3 Å². The van der Waals surface area contributed by atoms with Crippen molar-refractivity contribution in [2.24, 2.45) is 0 Å². The molecule has 0 saturated heterocycles. The summed E-state index contributed by atoms with van der Waals surface area (Å²) in [6.07, 6.45) is 60.6. The molecule has 0 heterocycles. The third-order valence-electron chi connectivity index (χ3n) is 14.9. The number of halogens is 1. The van der Waals surface area contributed by atoms with E-state index in [0.717, 1.165) is 152 Å². The predicted octanol–water partition coefficient (Wildman–Crippen LogP) is 23.3. The molecule has 736 valence electrons. The number of unbranched alkanes of at least 4 members (excludes halogenated alkanes) is 21. The maximum Gasteiger partial charge on any atom is 1.00 e. The second-order valence-electron chi connectivity index (χ2n) is 27.5. The van der Waals surface area contributed by atoms with Crippen molar-refractivity contribution in [3.63, 3.8) is 0 Å². The zero-order valence-corrected chi connectivity index (χ0v) is 83.0. The van der Waals surface area contributed by atoms with Crippen LogP contribution >= 0.6 is 10.7 Å². The molecule has 0 aliphatic heterocycles. The molecule has 0 atom stereocenters. The number of rotatable bonds is 54. The Balaban J connectivity index is -0.0000000951. The molecule has 0 bridgehead atoms. The number of carbonyl (C=O) groups is 4. The van der Waals surface area contributed by atoms with Crippen LogP contribution in [0, 0.1) is 26.7 Å². The van der Waals surface area contributed by atoms with Gasteiger partial charge < -0.3 is 50.8 Å². The van der Waals surface area contributed by atoms with Gasteiger partial charge in [-0.05, 0) is 198 Å². The molecule has 0 amide bonds. The van der Waals surface area contributed by atoms with Gasteiger partial charge in [0.05, 0.1) is 54.3 Å². The summed E-state index contributed by atoms with van der Waals surface area (Å²) in [6.45, 7) is 46.6. The number of esters is 4. The van der Waals surface area contributed by atoms with E-state index in [0.29, 0.717) is 52.3 Å². The minimum absolute atomic E-state index is 0. The molecule has 0 spiro atoms. The van der Waals surface area contributed by atoms with Crippen molar-refractivity contribution in [1.82, 2.24) is 0 Å². The average molecular weight is 1880 g/mol. The van der Waals surface area contributed by atoms with E-state index < -0.39 is 29.3 Å². The van der Waals surface area contributed by atoms with Gasteiger partial charge >= 0.3 is 53.4 Å². The van der Waals surface area contributed by atoms with Crippen LogP contribution in [0.4, 0.5) is 0 Å². The zero-order valence-electron chi connectivity index (χ0n) is 77.8. The Morgan fingerprint density at radius 2 is 0.591 bits per heavy atom. The van der Waals surface area contributed by atoms with E-state index in [9.17, 15) is 44.4 Å². The van der Waals surface area contributed by atoms with E-state index in [1.165, 1.54) is 97.1 Å². The van der Waals surface area contributed by atoms with Crippen molar-refractivity contribution in [2.75, 3.05) is 66.1 Å². The minimum Gasteiger partial charge on any atom is -0.870 e. The van der Waals surface area contributed by atoms with Gasteiger partial charge in [-0.3, -0.25) is 27.5 Å². The van der Waals surface area contributed by atoms with Crippen molar-refractivity contribution in [1.29, 1.82) is 0 Å². The maximum atomic E-state index is 12.0. The fourth-order valence-corrected chi connectivity index (χ4v) is 11.0. The van der Waals surface area contributed by atoms with E-state index in [-0.39, 0.29) is 136 Å². The van der Waals surface area contributed by atoms with Gasteiger partial charge in [-0.1, -0.05) is 252 Å². The van der Waals surface area contributed by atoms with Gasteiger partial charge in [-0.15, -0.1) is 32.9 Å². The van der Waals surface area contributed by atoms with Crippen molar-refractivity contribution in [2.45, 2.75) is 333 Å². The van der Waals surface area contributed by atoms with E-state index in [2.05, 4.69) is 104 Å². The standard InChI is InChI=1S/C19H28O5S.C14H24O2.C12H20O2.C11H14O3S.C10H18O2.C8H16O.C7H7ClO2S.C4H10O2.C4H8O.C4H9.C4H8.4CH4.Na.H2O/c1-17-11-13-19(14-12-17)25(21,22)24-16-10-8-6-4-3-5-7-9-15-23-18(2)20;1-3-4-5-6-7-8-9-10-11-12-13-16-14(2)15;1-3-4-5-6-7-8-9-10-11-14-12(2)13;1-3-4-9-14-15(12,13)11-7-5-10(2)6-8-11;1-3-4-5-6-7-8-9-12-10(2)11;1-2-3-4-5-6-7-8-9;1-6-2-4-7(5-3-6)11(8,9)10;5-3-1-2-4-6;1-2-3-4-5;1-4(2)3;1-3-4-2;;;;;;/h6,8,11-14H,3-5,7,9-10,15-16H2,1-2H3;4-7H,3,8-13H2,1-2H3;3-5H,1,6-11H2,2H3;3,5-8H,1,4,9H2,2H3;3H,1,4-9H2,2H3;2,9H,1,3-8H2;2-5H,1H3;5-6H,1-4H2;2,5H,1,3-4H2;1-3H3;3H,1,4H2,2H3;4*1H4;;1H2/q;;;;;;;;;-1;;;;;;+1;/p-1. The summed E-state index contributed by atoms with van der Waals surface area (Å²) in [4.78, 5) is 42.3. The molecule has 3 rings (SSSR count). The molecule has 0 aromatic heterocycles. The third-order valence-corrected chi connectivity index (χ3v) is 18.9. The maximum absolute atomic E-state index is 12.0. The Morgan fingerprint density at radius 3 is 0.850 bits per heavy atom. The van der Waals surface area contributed by atoms with Crippen LogP contribution in [0.2, 0.25) is 0 Å². The molecule has 0 aliphatic rings. The summed E-state index contributed by atoms with van der Waals surface area (Å²) in [7, 11) is -5.72. The molecule has 26 heteroatoms. The molecule has 127 heavy (non-hydrogen) atoms. The van der Waals surface area contributed by atoms with Crippen molar-refractivity contribution in [3.05, 3.63) is 220 Å². The number of ether oxygens (including phenoxy) is 4. The normalized spacial score (nSPS) is 9.97. The van der Waals surface area contributed by atoms with E-state index >= 15 is 0 Å². The van der Waals surface area contributed by atoms with Crippen molar-refractivity contribution in [3.8, 4) is 0 Å². The van der Waals surface area contributed by atoms with Gasteiger partial charge in [0, 0.05) is 64.8 Å². The molecular formula is C101H179ClNaO21S3-. The van der Waals surface area contributed by atoms with Crippen LogP contribution in [0.5, 0.6) is 0 Å². The quantitative estimate of drug-likeness (QED) is 0.00469. The number of aryl methyl sites for hydroxylation is 3. The molecule has 0 fully saturated rings. The average Bonchev–Trinajstić information content (AvgIpc) is 0.861. The number of hydrogen-bond acceptors (Lipinski definition) is 21. The van der Waals surface area contributed by atoms with Crippen molar-refractivity contribution < 1.29 is 127 Å². The molecule has 0 aliphatic carbocycles. The summed E-state index contributed by atoms with van der Waals surface area (Å²) in [5, 5.41) is 32.6. The number of aliphatic hydroxyl groups is 4. The second-order valence-corrected chi connectivity index (χ2v) is 33.3. The number of hydrogen-bond donors (Lipinski definition) is 4. The first kappa shape index (κ1) is 152. The summed E-state index contributed by atoms with van der Waals surface area (Å²) in [5.41, 5.74) is 3.03. The second kappa shape index (κ2) is 120. The van der Waals surface area contributed by atoms with Gasteiger partial charge in [0.2, 0.25) is 0 Å². The number of carbonyl (C=O) groups excluding carboxylic acids is 4. The molecule has 0 radical (unpaired) electrons. The van der Waals surface area contributed by atoms with Crippen LogP contribution < -0.4 is 29.6 Å². The fraction of sp³-hybridized carbons (Fsp3) is 0.574. The largest absolute Gasteiger partial charge is 1.00 e. The SMILES string of the molecule is C.C.C.C.C=CC=CCCCCCCOC(C)=O.C=CCC.C=CCCCCCCO.C=CCCCCCCOC(C)=O.C=CCCO.C=CCCOS(=O)(=O)c1ccc(C)cc1.CC(=O)OCCCCCCC=CCCOS(=O)(=O)c1ccc(C)cc1.CCC=CC=CCCCCCCOC(C)=O.C[C-](C)C.Cc1ccc(S(=O)(=O)Cl)cc1.OCCCCO.[Na+].[OH-]. The van der Waals surface area contributed by atoms with E-state index in [4.69, 9.17) is 58.4 Å². The Labute approximate surface area is 804 Å². The number of aliphatic hydroxyl groups excluding tert-OH is 4. The molecule has 0 unspecified atom stereocenters. The Hall–Kier alpha value is -6.20. The topological polar surface area (TPSA) is 337 Å². The fourth-order valence-electron chi connectivity index (χ4n) is 8.36. The smallest absolute Gasteiger partial charge is 0.870 e. The molecule has 0 saturated carbocycles. The van der Waals surface area contributed by atoms with Gasteiger partial charge in [0.15, 0.2) is 0 Å². The van der Waals surface area contributed by atoms with Gasteiger partial charge in [0.1, 0.15) is 0 Å². The first-order chi connectivity index (χ1) is 57.7. The molecule has 21 nitrogen and oxygen atoms in total. The van der Waals surface area contributed by atoms with Crippen LogP contribution in [-0.4, -0.2) is 141 Å². The van der Waals surface area contributed by atoms with E-state index in [1.807, 2.05) is 57.2 Å². The number of benzene rings is 3. The molecular weight excluding hydrogens is 1700 g/mol. The van der Waals surface area contributed by atoms with Crippen LogP contribution in [0.1, 0.15) is 314 Å². The Bertz CT molecular complexity index is 3370. The number of allylic oxidation sites excluding steroid dienone is 11. The first-order valence-corrected chi connectivity index (χ1v) is 47.8. The first-order valence-electron chi connectivity index (χ1n) is 42.6.